The Morgan fingerprint density at radius 2 is 1.70 bits per heavy atom. The van der Waals surface area contributed by atoms with E-state index in [1.807, 2.05) is 12.1 Å². The highest BCUT2D eigenvalue weighted by Gasteiger charge is 2.40. The summed E-state index contributed by atoms with van der Waals surface area (Å²) in [7, 11) is 2.21. The van der Waals surface area contributed by atoms with Crippen LogP contribution in [0.25, 0.3) is 0 Å². The maximum Gasteiger partial charge on any atom is 0.255 e. The highest BCUT2D eigenvalue weighted by Crippen LogP contribution is 2.42. The standard InChI is InChI=1S/C23H30N4O3/c1-25-10-6-23(7-11-25)8-12-26(13-9-23)17-3-2-16-15-27(22(30)18(16)14-17)19-4-5-20(28)24-21(19)29/h2-3,14,19H,4-13,15H2,1H3,(H,24,28,29). The Labute approximate surface area is 177 Å². The second-order valence-corrected chi connectivity index (χ2v) is 9.53. The molecule has 7 heteroatoms. The monoisotopic (exact) mass is 410 g/mol. The third-order valence-electron chi connectivity index (χ3n) is 7.75. The summed E-state index contributed by atoms with van der Waals surface area (Å²) in [5, 5.41) is 2.36. The van der Waals surface area contributed by atoms with Crippen molar-refractivity contribution >= 4 is 23.4 Å². The van der Waals surface area contributed by atoms with Crippen LogP contribution in [0.3, 0.4) is 0 Å². The Hall–Kier alpha value is -2.41. The van der Waals surface area contributed by atoms with Crippen LogP contribution in [-0.2, 0) is 16.1 Å². The van der Waals surface area contributed by atoms with Crippen LogP contribution in [0.2, 0.25) is 0 Å². The van der Waals surface area contributed by atoms with Gasteiger partial charge in [-0.05, 0) is 75.4 Å². The number of piperidine rings is 3. The van der Waals surface area contributed by atoms with Crippen LogP contribution < -0.4 is 10.2 Å². The first kappa shape index (κ1) is 19.5. The second-order valence-electron chi connectivity index (χ2n) is 9.53. The molecule has 160 valence electrons. The number of amides is 3. The SMILES string of the molecule is CN1CCC2(CC1)CCN(c1ccc3c(c1)C(=O)N(C1CCC(=O)NC1=O)C3)CC2. The van der Waals surface area contributed by atoms with Gasteiger partial charge in [-0.2, -0.15) is 0 Å². The van der Waals surface area contributed by atoms with Crippen molar-refractivity contribution in [3.05, 3.63) is 29.3 Å². The maximum absolute atomic E-state index is 13.1. The summed E-state index contributed by atoms with van der Waals surface area (Å²) in [4.78, 5) is 43.2. The van der Waals surface area contributed by atoms with Gasteiger partial charge in [0.05, 0.1) is 0 Å². The number of fused-ring (bicyclic) bond motifs is 1. The fourth-order valence-electron chi connectivity index (χ4n) is 5.57. The minimum atomic E-state index is -0.551. The summed E-state index contributed by atoms with van der Waals surface area (Å²) in [6.45, 7) is 4.91. The van der Waals surface area contributed by atoms with Gasteiger partial charge in [-0.15, -0.1) is 0 Å². The topological polar surface area (TPSA) is 73.0 Å². The zero-order valence-electron chi connectivity index (χ0n) is 17.7. The normalized spacial score (nSPS) is 26.8. The molecule has 7 nitrogen and oxygen atoms in total. The smallest absolute Gasteiger partial charge is 0.255 e. The van der Waals surface area contributed by atoms with E-state index in [9.17, 15) is 14.4 Å². The van der Waals surface area contributed by atoms with Gasteiger partial charge in [0, 0.05) is 37.3 Å². The molecule has 1 N–H and O–H groups in total. The predicted octanol–water partition coefficient (Wildman–Crippen LogP) is 1.76. The molecule has 0 radical (unpaired) electrons. The lowest BCUT2D eigenvalue weighted by Gasteiger charge is -2.47. The van der Waals surface area contributed by atoms with Gasteiger partial charge in [0.15, 0.2) is 0 Å². The summed E-state index contributed by atoms with van der Waals surface area (Å²) in [6, 6.07) is 5.61. The van der Waals surface area contributed by atoms with Crippen LogP contribution in [0.4, 0.5) is 5.69 Å². The number of hydrogen-bond acceptors (Lipinski definition) is 5. The molecule has 0 saturated carbocycles. The number of carbonyl (C=O) groups is 3. The predicted molar refractivity (Wildman–Crippen MR) is 113 cm³/mol. The molecule has 0 aliphatic carbocycles. The number of imide groups is 1. The second kappa shape index (κ2) is 7.38. The average Bonchev–Trinajstić information content (AvgIpc) is 3.07. The highest BCUT2D eigenvalue weighted by molar-refractivity contribution is 6.05. The van der Waals surface area contributed by atoms with Gasteiger partial charge in [0.25, 0.3) is 5.91 Å². The van der Waals surface area contributed by atoms with E-state index in [4.69, 9.17) is 0 Å². The van der Waals surface area contributed by atoms with Crippen LogP contribution in [0.5, 0.6) is 0 Å². The lowest BCUT2D eigenvalue weighted by Crippen LogP contribution is -2.52. The van der Waals surface area contributed by atoms with Crippen molar-refractivity contribution in [2.24, 2.45) is 5.41 Å². The van der Waals surface area contributed by atoms with E-state index < -0.39 is 6.04 Å². The fourth-order valence-corrected chi connectivity index (χ4v) is 5.57. The first-order valence-electron chi connectivity index (χ1n) is 11.2. The van der Waals surface area contributed by atoms with E-state index in [1.165, 1.54) is 38.8 Å². The van der Waals surface area contributed by atoms with Crippen molar-refractivity contribution < 1.29 is 14.4 Å². The van der Waals surface area contributed by atoms with Gasteiger partial charge < -0.3 is 14.7 Å². The molecule has 1 spiro atoms. The summed E-state index contributed by atoms with van der Waals surface area (Å²) in [6.07, 6.45) is 5.71. The summed E-state index contributed by atoms with van der Waals surface area (Å²) in [5.41, 5.74) is 3.28. The molecule has 0 aromatic heterocycles. The number of benzene rings is 1. The molecule has 1 aromatic rings. The molecule has 3 saturated heterocycles. The summed E-state index contributed by atoms with van der Waals surface area (Å²) in [5.74, 6) is -0.701. The number of rotatable bonds is 2. The third-order valence-corrected chi connectivity index (χ3v) is 7.75. The van der Waals surface area contributed by atoms with E-state index in [1.54, 1.807) is 4.90 Å². The number of hydrogen-bond donors (Lipinski definition) is 1. The molecule has 30 heavy (non-hydrogen) atoms. The Morgan fingerprint density at radius 1 is 1.00 bits per heavy atom. The van der Waals surface area contributed by atoms with Gasteiger partial charge in [-0.3, -0.25) is 19.7 Å². The van der Waals surface area contributed by atoms with Gasteiger partial charge in [-0.1, -0.05) is 6.07 Å². The lowest BCUT2D eigenvalue weighted by molar-refractivity contribution is -0.136. The molecule has 0 bridgehead atoms. The maximum atomic E-state index is 13.1. The first-order valence-corrected chi connectivity index (χ1v) is 11.2. The molecule has 4 aliphatic rings. The van der Waals surface area contributed by atoms with Crippen LogP contribution in [0, 0.1) is 5.41 Å². The summed E-state index contributed by atoms with van der Waals surface area (Å²) < 4.78 is 0. The van der Waals surface area contributed by atoms with Crippen LogP contribution >= 0.6 is 0 Å². The zero-order chi connectivity index (χ0) is 20.9. The largest absolute Gasteiger partial charge is 0.371 e. The molecule has 4 heterocycles. The molecule has 5 rings (SSSR count). The van der Waals surface area contributed by atoms with Crippen molar-refractivity contribution in [1.29, 1.82) is 0 Å². The van der Waals surface area contributed by atoms with Crippen molar-refractivity contribution in [2.45, 2.75) is 51.1 Å². The van der Waals surface area contributed by atoms with E-state index in [0.717, 1.165) is 24.3 Å². The Bertz CT molecular complexity index is 880. The lowest BCUT2D eigenvalue weighted by atomic mass is 9.71. The van der Waals surface area contributed by atoms with Crippen LogP contribution in [0.1, 0.15) is 54.4 Å². The van der Waals surface area contributed by atoms with Crippen molar-refractivity contribution in [2.75, 3.05) is 38.1 Å². The zero-order valence-corrected chi connectivity index (χ0v) is 17.7. The third kappa shape index (κ3) is 3.39. The van der Waals surface area contributed by atoms with Crippen molar-refractivity contribution in [1.82, 2.24) is 15.1 Å². The molecule has 3 fully saturated rings. The number of nitrogens with zero attached hydrogens (tertiary/aromatic N) is 3. The molecule has 4 aliphatic heterocycles. The number of nitrogens with one attached hydrogen (secondary N) is 1. The molecule has 1 aromatic carbocycles. The Balaban J connectivity index is 1.28. The Kier molecular flexibility index (Phi) is 4.81. The highest BCUT2D eigenvalue weighted by atomic mass is 16.2. The molecule has 1 unspecified atom stereocenters. The summed E-state index contributed by atoms with van der Waals surface area (Å²) >= 11 is 0. The number of anilines is 1. The first-order chi connectivity index (χ1) is 14.4. The van der Waals surface area contributed by atoms with E-state index in [-0.39, 0.29) is 24.1 Å². The van der Waals surface area contributed by atoms with Gasteiger partial charge in [0.1, 0.15) is 6.04 Å². The molecule has 1 atom stereocenters. The van der Waals surface area contributed by atoms with E-state index in [2.05, 4.69) is 28.2 Å². The quantitative estimate of drug-likeness (QED) is 0.753. The van der Waals surface area contributed by atoms with Crippen LogP contribution in [-0.4, -0.2) is 66.8 Å². The number of carbonyl (C=O) groups excluding carboxylic acids is 3. The van der Waals surface area contributed by atoms with Crippen LogP contribution in [0.15, 0.2) is 18.2 Å². The molecule has 3 amide bonds. The van der Waals surface area contributed by atoms with Crippen molar-refractivity contribution in [3.8, 4) is 0 Å². The van der Waals surface area contributed by atoms with Crippen molar-refractivity contribution in [3.63, 3.8) is 0 Å². The van der Waals surface area contributed by atoms with E-state index in [0.29, 0.717) is 23.9 Å². The minimum Gasteiger partial charge on any atom is -0.371 e. The van der Waals surface area contributed by atoms with E-state index >= 15 is 0 Å². The minimum absolute atomic E-state index is 0.0925. The number of likely N-dealkylation sites (tertiary alicyclic amines) is 1. The molecular formula is C23H30N4O3. The molecular weight excluding hydrogens is 380 g/mol. The van der Waals surface area contributed by atoms with Gasteiger partial charge >= 0.3 is 0 Å². The average molecular weight is 411 g/mol. The Morgan fingerprint density at radius 3 is 2.40 bits per heavy atom. The fraction of sp³-hybridized carbons (Fsp3) is 0.609. The van der Waals surface area contributed by atoms with Gasteiger partial charge in [-0.25, -0.2) is 0 Å². The van der Waals surface area contributed by atoms with Gasteiger partial charge in [0.2, 0.25) is 11.8 Å².